The van der Waals surface area contributed by atoms with Crippen molar-refractivity contribution in [2.24, 2.45) is 0 Å². The number of benzene rings is 2. The molecule has 20 heavy (non-hydrogen) atoms. The standard InChI is InChI=1S/C17H17NO2/c1-12-8-9-16(19)14(11-12)17(20)18-10-4-6-13-5-2-3-7-15(13)18/h2-3,5,7-9,11,19H,4,6,10H2,1H3. The van der Waals surface area contributed by atoms with Gasteiger partial charge in [-0.15, -0.1) is 0 Å². The summed E-state index contributed by atoms with van der Waals surface area (Å²) < 4.78 is 0. The number of aryl methyl sites for hydroxylation is 2. The highest BCUT2D eigenvalue weighted by Crippen LogP contribution is 2.30. The van der Waals surface area contributed by atoms with E-state index in [0.29, 0.717) is 12.1 Å². The van der Waals surface area contributed by atoms with E-state index in [1.54, 1.807) is 23.1 Å². The van der Waals surface area contributed by atoms with Crippen molar-refractivity contribution in [1.82, 2.24) is 0 Å². The highest BCUT2D eigenvalue weighted by molar-refractivity contribution is 6.08. The number of nitrogens with zero attached hydrogens (tertiary/aromatic N) is 1. The molecule has 3 rings (SSSR count). The van der Waals surface area contributed by atoms with Gasteiger partial charge in [-0.2, -0.15) is 0 Å². The number of para-hydroxylation sites is 1. The highest BCUT2D eigenvalue weighted by Gasteiger charge is 2.24. The second-order valence-corrected chi connectivity index (χ2v) is 5.21. The normalized spacial score (nSPS) is 13.9. The molecule has 0 atom stereocenters. The van der Waals surface area contributed by atoms with Crippen LogP contribution in [-0.2, 0) is 6.42 Å². The number of fused-ring (bicyclic) bond motifs is 1. The van der Waals surface area contributed by atoms with Crippen molar-refractivity contribution < 1.29 is 9.90 Å². The van der Waals surface area contributed by atoms with Crippen LogP contribution in [0, 0.1) is 6.92 Å². The number of phenolic OH excluding ortho intramolecular Hbond substituents is 1. The van der Waals surface area contributed by atoms with Gasteiger partial charge in [0.1, 0.15) is 5.75 Å². The fourth-order valence-corrected chi connectivity index (χ4v) is 2.71. The van der Waals surface area contributed by atoms with Crippen molar-refractivity contribution in [3.05, 3.63) is 59.2 Å². The first-order valence-corrected chi connectivity index (χ1v) is 6.86. The number of hydrogen-bond acceptors (Lipinski definition) is 2. The number of hydrogen-bond donors (Lipinski definition) is 1. The average molecular weight is 267 g/mol. The van der Waals surface area contributed by atoms with E-state index < -0.39 is 0 Å². The number of anilines is 1. The lowest BCUT2D eigenvalue weighted by atomic mass is 10.0. The number of rotatable bonds is 1. The Labute approximate surface area is 118 Å². The molecule has 3 nitrogen and oxygen atoms in total. The molecule has 1 amide bonds. The zero-order valence-electron chi connectivity index (χ0n) is 11.5. The first kappa shape index (κ1) is 12.7. The molecule has 1 aliphatic rings. The molecular weight excluding hydrogens is 250 g/mol. The molecule has 0 spiro atoms. The van der Waals surface area contributed by atoms with Crippen LogP contribution < -0.4 is 4.90 Å². The van der Waals surface area contributed by atoms with Crippen LogP contribution in [0.1, 0.15) is 27.9 Å². The van der Waals surface area contributed by atoms with Gasteiger partial charge in [-0.3, -0.25) is 4.79 Å². The average Bonchev–Trinajstić information content (AvgIpc) is 2.48. The molecule has 2 aromatic carbocycles. The highest BCUT2D eigenvalue weighted by atomic mass is 16.3. The summed E-state index contributed by atoms with van der Waals surface area (Å²) in [4.78, 5) is 14.5. The van der Waals surface area contributed by atoms with E-state index in [4.69, 9.17) is 0 Å². The van der Waals surface area contributed by atoms with E-state index in [-0.39, 0.29) is 11.7 Å². The van der Waals surface area contributed by atoms with Gasteiger partial charge in [0.05, 0.1) is 5.56 Å². The van der Waals surface area contributed by atoms with Gasteiger partial charge in [-0.25, -0.2) is 0 Å². The van der Waals surface area contributed by atoms with Gasteiger partial charge in [-0.05, 0) is 43.5 Å². The summed E-state index contributed by atoms with van der Waals surface area (Å²) in [6.45, 7) is 2.61. The number of aromatic hydroxyl groups is 1. The predicted octanol–water partition coefficient (Wildman–Crippen LogP) is 3.29. The van der Waals surface area contributed by atoms with Crippen molar-refractivity contribution in [3.63, 3.8) is 0 Å². The monoisotopic (exact) mass is 267 g/mol. The summed E-state index contributed by atoms with van der Waals surface area (Å²) >= 11 is 0. The molecule has 102 valence electrons. The molecule has 1 heterocycles. The van der Waals surface area contributed by atoms with E-state index in [1.807, 2.05) is 25.1 Å². The topological polar surface area (TPSA) is 40.5 Å². The zero-order valence-corrected chi connectivity index (χ0v) is 11.5. The Balaban J connectivity index is 2.02. The molecule has 0 unspecified atom stereocenters. The maximum Gasteiger partial charge on any atom is 0.262 e. The third-order valence-corrected chi connectivity index (χ3v) is 3.74. The minimum Gasteiger partial charge on any atom is -0.507 e. The van der Waals surface area contributed by atoms with Gasteiger partial charge in [0.25, 0.3) is 5.91 Å². The van der Waals surface area contributed by atoms with Gasteiger partial charge in [0, 0.05) is 12.2 Å². The molecule has 1 N–H and O–H groups in total. The molecular formula is C17H17NO2. The van der Waals surface area contributed by atoms with Crippen molar-refractivity contribution in [1.29, 1.82) is 0 Å². The van der Waals surface area contributed by atoms with Gasteiger partial charge >= 0.3 is 0 Å². The molecule has 0 saturated heterocycles. The lowest BCUT2D eigenvalue weighted by Crippen LogP contribution is -2.35. The molecule has 0 saturated carbocycles. The van der Waals surface area contributed by atoms with Crippen LogP contribution in [0.4, 0.5) is 5.69 Å². The summed E-state index contributed by atoms with van der Waals surface area (Å²) in [7, 11) is 0. The van der Waals surface area contributed by atoms with E-state index in [1.165, 1.54) is 5.56 Å². The van der Waals surface area contributed by atoms with E-state index >= 15 is 0 Å². The summed E-state index contributed by atoms with van der Waals surface area (Å²) in [6.07, 6.45) is 1.95. The van der Waals surface area contributed by atoms with Crippen molar-refractivity contribution in [2.75, 3.05) is 11.4 Å². The molecule has 1 aliphatic heterocycles. The second kappa shape index (κ2) is 5.00. The van der Waals surface area contributed by atoms with Crippen LogP contribution in [0.3, 0.4) is 0 Å². The summed E-state index contributed by atoms with van der Waals surface area (Å²) in [5.41, 5.74) is 3.50. The van der Waals surface area contributed by atoms with E-state index in [2.05, 4.69) is 6.07 Å². The first-order chi connectivity index (χ1) is 9.66. The quantitative estimate of drug-likeness (QED) is 0.861. The van der Waals surface area contributed by atoms with Crippen LogP contribution in [0.15, 0.2) is 42.5 Å². The molecule has 0 fully saturated rings. The second-order valence-electron chi connectivity index (χ2n) is 5.21. The van der Waals surface area contributed by atoms with Crippen LogP contribution in [0.5, 0.6) is 5.75 Å². The Morgan fingerprint density at radius 2 is 2.00 bits per heavy atom. The third kappa shape index (κ3) is 2.16. The fourth-order valence-electron chi connectivity index (χ4n) is 2.71. The van der Waals surface area contributed by atoms with Crippen molar-refractivity contribution >= 4 is 11.6 Å². The number of amides is 1. The lowest BCUT2D eigenvalue weighted by molar-refractivity contribution is 0.0982. The Morgan fingerprint density at radius 3 is 2.85 bits per heavy atom. The largest absolute Gasteiger partial charge is 0.507 e. The third-order valence-electron chi connectivity index (χ3n) is 3.74. The zero-order chi connectivity index (χ0) is 14.1. The van der Waals surface area contributed by atoms with Crippen LogP contribution in [0.2, 0.25) is 0 Å². The van der Waals surface area contributed by atoms with Crippen LogP contribution >= 0.6 is 0 Å². The minimum atomic E-state index is -0.127. The molecule has 0 radical (unpaired) electrons. The SMILES string of the molecule is Cc1ccc(O)c(C(=O)N2CCCc3ccccc32)c1. The molecule has 0 aromatic heterocycles. The van der Waals surface area contributed by atoms with Gasteiger partial charge in [0.15, 0.2) is 0 Å². The Kier molecular flexibility index (Phi) is 3.18. The Morgan fingerprint density at radius 1 is 1.20 bits per heavy atom. The molecule has 2 aromatic rings. The van der Waals surface area contributed by atoms with E-state index in [9.17, 15) is 9.90 Å². The Bertz CT molecular complexity index is 664. The van der Waals surface area contributed by atoms with Gasteiger partial charge < -0.3 is 10.0 Å². The lowest BCUT2D eigenvalue weighted by Gasteiger charge is -2.29. The van der Waals surface area contributed by atoms with Gasteiger partial charge in [-0.1, -0.05) is 29.8 Å². The van der Waals surface area contributed by atoms with Crippen molar-refractivity contribution in [2.45, 2.75) is 19.8 Å². The maximum atomic E-state index is 12.7. The van der Waals surface area contributed by atoms with Crippen LogP contribution in [0.25, 0.3) is 0 Å². The maximum absolute atomic E-state index is 12.7. The first-order valence-electron chi connectivity index (χ1n) is 6.86. The number of phenols is 1. The minimum absolute atomic E-state index is 0.0451. The number of carbonyl (C=O) groups excluding carboxylic acids is 1. The fraction of sp³-hybridized carbons (Fsp3) is 0.235. The summed E-state index contributed by atoms with van der Waals surface area (Å²) in [6, 6.07) is 13.1. The van der Waals surface area contributed by atoms with Crippen molar-refractivity contribution in [3.8, 4) is 5.75 Å². The molecule has 3 heteroatoms. The molecule has 0 aliphatic carbocycles. The summed E-state index contributed by atoms with van der Waals surface area (Å²) in [5, 5.41) is 9.94. The number of carbonyl (C=O) groups is 1. The summed E-state index contributed by atoms with van der Waals surface area (Å²) in [5.74, 6) is -0.0815. The van der Waals surface area contributed by atoms with E-state index in [0.717, 1.165) is 24.1 Å². The Hall–Kier alpha value is -2.29. The van der Waals surface area contributed by atoms with Crippen LogP contribution in [-0.4, -0.2) is 17.6 Å². The molecule has 0 bridgehead atoms. The predicted molar refractivity (Wildman–Crippen MR) is 79.3 cm³/mol. The smallest absolute Gasteiger partial charge is 0.262 e. The van der Waals surface area contributed by atoms with Gasteiger partial charge in [0.2, 0.25) is 0 Å².